The monoisotopic (exact) mass is 387 g/mol. The molecule has 1 rings (SSSR count). The molecule has 25 heavy (non-hydrogen) atoms. The fourth-order valence-electron chi connectivity index (χ4n) is 1.71. The van der Waals surface area contributed by atoms with Gasteiger partial charge in [0.15, 0.2) is 0 Å². The molecule has 0 aliphatic carbocycles. The van der Waals surface area contributed by atoms with E-state index >= 15 is 0 Å². The standard InChI is InChI=1S/C16H25N3O4S2/c1-15(2,3)22-13(20)9(19-14(21)23-16(4,5)6)7-11-18-10(8-25-11)12(17)24/h8-9H,7H2,1-6H3,(H2,17,24)(H,19,21)/t9-/m0/s1. The average molecular weight is 388 g/mol. The van der Waals surface area contributed by atoms with Crippen LogP contribution in [-0.2, 0) is 20.7 Å². The Balaban J connectivity index is 2.91. The molecule has 7 nitrogen and oxygen atoms in total. The van der Waals surface area contributed by atoms with Gasteiger partial charge >= 0.3 is 12.1 Å². The number of amides is 1. The summed E-state index contributed by atoms with van der Waals surface area (Å²) in [7, 11) is 0. The van der Waals surface area contributed by atoms with Crippen molar-refractivity contribution in [3.63, 3.8) is 0 Å². The first-order valence-corrected chi connectivity index (χ1v) is 9.02. The van der Waals surface area contributed by atoms with Crippen LogP contribution in [0.15, 0.2) is 5.38 Å². The molecule has 1 aromatic heterocycles. The average Bonchev–Trinajstić information content (AvgIpc) is 2.82. The zero-order valence-corrected chi connectivity index (χ0v) is 17.0. The Labute approximate surface area is 157 Å². The summed E-state index contributed by atoms with van der Waals surface area (Å²) in [4.78, 5) is 28.9. The molecule has 0 aliphatic rings. The molecule has 3 N–H and O–H groups in total. The summed E-state index contributed by atoms with van der Waals surface area (Å²) in [5, 5.41) is 4.86. The molecule has 0 aliphatic heterocycles. The Bertz CT molecular complexity index is 645. The number of rotatable bonds is 5. The Morgan fingerprint density at radius 3 is 2.24 bits per heavy atom. The summed E-state index contributed by atoms with van der Waals surface area (Å²) in [6.45, 7) is 10.5. The third-order valence-corrected chi connectivity index (χ3v) is 3.65. The van der Waals surface area contributed by atoms with E-state index in [-0.39, 0.29) is 11.4 Å². The summed E-state index contributed by atoms with van der Waals surface area (Å²) in [6.07, 6.45) is -0.545. The fourth-order valence-corrected chi connectivity index (χ4v) is 2.73. The third kappa shape index (κ3) is 8.26. The highest BCUT2D eigenvalue weighted by molar-refractivity contribution is 7.80. The van der Waals surface area contributed by atoms with E-state index in [9.17, 15) is 9.59 Å². The van der Waals surface area contributed by atoms with Gasteiger partial charge in [0, 0.05) is 11.8 Å². The number of esters is 1. The zero-order chi connectivity index (χ0) is 19.4. The molecule has 140 valence electrons. The Hall–Kier alpha value is -1.74. The summed E-state index contributed by atoms with van der Waals surface area (Å²) in [5.41, 5.74) is 4.67. The topological polar surface area (TPSA) is 104 Å². The number of ether oxygens (including phenoxy) is 2. The van der Waals surface area contributed by atoms with E-state index in [0.29, 0.717) is 10.7 Å². The molecule has 0 aromatic carbocycles. The zero-order valence-electron chi connectivity index (χ0n) is 15.3. The Morgan fingerprint density at radius 2 is 1.80 bits per heavy atom. The SMILES string of the molecule is CC(C)(C)OC(=O)N[C@@H](Cc1nc(C(N)=S)cs1)C(=O)OC(C)(C)C. The van der Waals surface area contributed by atoms with Crippen LogP contribution in [0.25, 0.3) is 0 Å². The number of nitrogens with zero attached hydrogens (tertiary/aromatic N) is 1. The lowest BCUT2D eigenvalue weighted by molar-refractivity contribution is -0.157. The van der Waals surface area contributed by atoms with Gasteiger partial charge in [0.1, 0.15) is 27.9 Å². The Morgan fingerprint density at radius 1 is 1.24 bits per heavy atom. The summed E-state index contributed by atoms with van der Waals surface area (Å²) < 4.78 is 10.6. The predicted molar refractivity (Wildman–Crippen MR) is 101 cm³/mol. The molecule has 0 fully saturated rings. The van der Waals surface area contributed by atoms with Crippen molar-refractivity contribution in [3.8, 4) is 0 Å². The van der Waals surface area contributed by atoms with E-state index < -0.39 is 29.3 Å². The van der Waals surface area contributed by atoms with E-state index in [1.54, 1.807) is 46.9 Å². The summed E-state index contributed by atoms with van der Waals surface area (Å²) in [6, 6.07) is -0.931. The van der Waals surface area contributed by atoms with Crippen molar-refractivity contribution in [2.75, 3.05) is 0 Å². The number of carbonyl (C=O) groups is 2. The number of carbonyl (C=O) groups excluding carboxylic acids is 2. The number of hydrogen-bond donors (Lipinski definition) is 2. The molecule has 0 radical (unpaired) electrons. The molecule has 0 unspecified atom stereocenters. The fraction of sp³-hybridized carbons (Fsp3) is 0.625. The predicted octanol–water partition coefficient (Wildman–Crippen LogP) is 2.55. The maximum absolute atomic E-state index is 12.4. The largest absolute Gasteiger partial charge is 0.458 e. The van der Waals surface area contributed by atoms with Crippen LogP contribution in [0.3, 0.4) is 0 Å². The van der Waals surface area contributed by atoms with Gasteiger partial charge < -0.3 is 20.5 Å². The van der Waals surface area contributed by atoms with Crippen molar-refractivity contribution in [2.24, 2.45) is 5.73 Å². The number of thiocarbonyl (C=S) groups is 1. The minimum absolute atomic E-state index is 0.154. The number of thiazole rings is 1. The van der Waals surface area contributed by atoms with Crippen molar-refractivity contribution in [2.45, 2.75) is 65.2 Å². The summed E-state index contributed by atoms with van der Waals surface area (Å²) in [5.74, 6) is -0.564. The second kappa shape index (κ2) is 8.09. The Kier molecular flexibility index (Phi) is 6.90. The molecule has 0 saturated heterocycles. The van der Waals surface area contributed by atoms with Gasteiger partial charge in [-0.25, -0.2) is 14.6 Å². The maximum atomic E-state index is 12.4. The molecule has 0 spiro atoms. The van der Waals surface area contributed by atoms with E-state index in [2.05, 4.69) is 10.3 Å². The molecule has 1 aromatic rings. The molecular formula is C16H25N3O4S2. The van der Waals surface area contributed by atoms with Crippen LogP contribution in [0.4, 0.5) is 4.79 Å². The van der Waals surface area contributed by atoms with Crippen LogP contribution >= 0.6 is 23.6 Å². The first-order chi connectivity index (χ1) is 11.3. The van der Waals surface area contributed by atoms with Gasteiger partial charge in [-0.3, -0.25) is 0 Å². The minimum atomic E-state index is -0.931. The van der Waals surface area contributed by atoms with Crippen LogP contribution in [0.2, 0.25) is 0 Å². The van der Waals surface area contributed by atoms with Gasteiger partial charge in [0.25, 0.3) is 0 Å². The molecule has 0 bridgehead atoms. The minimum Gasteiger partial charge on any atom is -0.458 e. The van der Waals surface area contributed by atoms with Crippen molar-refractivity contribution < 1.29 is 19.1 Å². The highest BCUT2D eigenvalue weighted by atomic mass is 32.1. The smallest absolute Gasteiger partial charge is 0.408 e. The van der Waals surface area contributed by atoms with Crippen LogP contribution in [-0.4, -0.2) is 39.3 Å². The second-order valence-electron chi connectivity index (χ2n) is 7.43. The molecule has 1 atom stereocenters. The first kappa shape index (κ1) is 21.3. The van der Waals surface area contributed by atoms with E-state index in [4.69, 9.17) is 27.4 Å². The van der Waals surface area contributed by atoms with Gasteiger partial charge in [0.2, 0.25) is 0 Å². The van der Waals surface area contributed by atoms with Gasteiger partial charge in [-0.2, -0.15) is 0 Å². The second-order valence-corrected chi connectivity index (χ2v) is 8.81. The molecule has 1 amide bonds. The van der Waals surface area contributed by atoms with Crippen LogP contribution in [0.5, 0.6) is 0 Å². The van der Waals surface area contributed by atoms with E-state index in [1.807, 2.05) is 0 Å². The van der Waals surface area contributed by atoms with Crippen molar-refractivity contribution >= 4 is 40.6 Å². The van der Waals surface area contributed by atoms with Gasteiger partial charge in [-0.1, -0.05) is 12.2 Å². The summed E-state index contributed by atoms with van der Waals surface area (Å²) >= 11 is 6.19. The highest BCUT2D eigenvalue weighted by Crippen LogP contribution is 2.16. The van der Waals surface area contributed by atoms with Gasteiger partial charge in [-0.05, 0) is 41.5 Å². The number of nitrogens with one attached hydrogen (secondary N) is 1. The molecule has 0 saturated carbocycles. The van der Waals surface area contributed by atoms with Crippen LogP contribution in [0.1, 0.15) is 52.2 Å². The first-order valence-electron chi connectivity index (χ1n) is 7.73. The lowest BCUT2D eigenvalue weighted by Gasteiger charge is -2.26. The van der Waals surface area contributed by atoms with Gasteiger partial charge in [-0.15, -0.1) is 11.3 Å². The number of aromatic nitrogens is 1. The number of nitrogens with two attached hydrogens (primary N) is 1. The lowest BCUT2D eigenvalue weighted by Crippen LogP contribution is -2.47. The van der Waals surface area contributed by atoms with Crippen LogP contribution in [0, 0.1) is 0 Å². The molecule has 1 heterocycles. The van der Waals surface area contributed by atoms with Crippen molar-refractivity contribution in [1.29, 1.82) is 0 Å². The molecular weight excluding hydrogens is 362 g/mol. The van der Waals surface area contributed by atoms with Gasteiger partial charge in [0.05, 0.1) is 5.01 Å². The van der Waals surface area contributed by atoms with E-state index in [1.165, 1.54) is 11.3 Å². The quantitative estimate of drug-likeness (QED) is 0.591. The normalized spacial score (nSPS) is 13.0. The molecule has 9 heteroatoms. The van der Waals surface area contributed by atoms with Crippen molar-refractivity contribution in [3.05, 3.63) is 16.1 Å². The van der Waals surface area contributed by atoms with Crippen LogP contribution < -0.4 is 11.1 Å². The lowest BCUT2D eigenvalue weighted by atomic mass is 10.1. The maximum Gasteiger partial charge on any atom is 0.408 e. The number of alkyl carbamates (subject to hydrolysis) is 1. The third-order valence-electron chi connectivity index (χ3n) is 2.57. The van der Waals surface area contributed by atoms with E-state index in [0.717, 1.165) is 0 Å². The van der Waals surface area contributed by atoms with Crippen molar-refractivity contribution in [1.82, 2.24) is 10.3 Å². The highest BCUT2D eigenvalue weighted by Gasteiger charge is 2.29. The number of hydrogen-bond acceptors (Lipinski definition) is 7.